The summed E-state index contributed by atoms with van der Waals surface area (Å²) < 4.78 is 3.76. The molecular formula is C18H15AsCl. The van der Waals surface area contributed by atoms with Crippen LogP contribution in [0, 0.1) is 0 Å². The Bertz CT molecular complexity index is 569. The third-order valence-electron chi connectivity index (χ3n) is 3.34. The molecule has 0 nitrogen and oxygen atoms in total. The molecule has 3 rings (SSSR count). The Hall–Kier alpha value is -1.49. The Kier molecular flexibility index (Phi) is 3.96. The van der Waals surface area contributed by atoms with E-state index in [1.165, 1.54) is 13.1 Å². The molecule has 0 saturated heterocycles. The molecule has 0 bridgehead atoms. The second kappa shape index (κ2) is 5.87. The summed E-state index contributed by atoms with van der Waals surface area (Å²) in [5.74, 6) is 0. The van der Waals surface area contributed by atoms with Crippen LogP contribution in [0.15, 0.2) is 91.0 Å². The van der Waals surface area contributed by atoms with Gasteiger partial charge in [0.1, 0.15) is 0 Å². The Morgan fingerprint density at radius 3 is 0.950 bits per heavy atom. The first-order valence-electron chi connectivity index (χ1n) is 6.57. The monoisotopic (exact) mass is 341 g/mol. The topological polar surface area (TPSA) is 0 Å². The summed E-state index contributed by atoms with van der Waals surface area (Å²) in [5, 5.41) is 0. The quantitative estimate of drug-likeness (QED) is 0.643. The van der Waals surface area contributed by atoms with Gasteiger partial charge in [-0.1, -0.05) is 0 Å². The zero-order chi connectivity index (χ0) is 13.8. The van der Waals surface area contributed by atoms with E-state index in [0.29, 0.717) is 0 Å². The van der Waals surface area contributed by atoms with E-state index in [0.717, 1.165) is 0 Å². The van der Waals surface area contributed by atoms with E-state index in [4.69, 9.17) is 9.95 Å². The Morgan fingerprint density at radius 2 is 0.700 bits per heavy atom. The van der Waals surface area contributed by atoms with Gasteiger partial charge in [0.15, 0.2) is 0 Å². The average Bonchev–Trinajstić information content (AvgIpc) is 2.56. The van der Waals surface area contributed by atoms with Gasteiger partial charge in [-0.3, -0.25) is 0 Å². The third-order valence-corrected chi connectivity index (χ3v) is 12.7. The fourth-order valence-electron chi connectivity index (χ4n) is 2.35. The van der Waals surface area contributed by atoms with Gasteiger partial charge in [-0.15, -0.1) is 0 Å². The molecule has 20 heavy (non-hydrogen) atoms. The molecule has 0 aliphatic carbocycles. The summed E-state index contributed by atoms with van der Waals surface area (Å²) in [5.41, 5.74) is 0. The first-order valence-corrected chi connectivity index (χ1v) is 11.9. The van der Waals surface area contributed by atoms with E-state index in [2.05, 4.69) is 72.8 Å². The molecule has 0 spiro atoms. The molecule has 0 saturated carbocycles. The van der Waals surface area contributed by atoms with Gasteiger partial charge in [0, 0.05) is 0 Å². The molecule has 0 heterocycles. The summed E-state index contributed by atoms with van der Waals surface area (Å²) in [6, 6.07) is 31.4. The van der Waals surface area contributed by atoms with Gasteiger partial charge in [-0.2, -0.15) is 0 Å². The summed E-state index contributed by atoms with van der Waals surface area (Å²) in [6.45, 7) is 0. The second-order valence-electron chi connectivity index (χ2n) is 4.60. The van der Waals surface area contributed by atoms with E-state index in [1.54, 1.807) is 0 Å². The van der Waals surface area contributed by atoms with Gasteiger partial charge in [0.2, 0.25) is 0 Å². The van der Waals surface area contributed by atoms with Crippen LogP contribution in [0.3, 0.4) is 0 Å². The Balaban J connectivity index is 2.24. The number of hydrogen-bond acceptors (Lipinski definition) is 0. The number of hydrogen-bond donors (Lipinski definition) is 0. The van der Waals surface area contributed by atoms with Gasteiger partial charge < -0.3 is 0 Å². The molecule has 0 N–H and O–H groups in total. The first kappa shape index (κ1) is 13.5. The molecule has 1 radical (unpaired) electrons. The molecule has 0 unspecified atom stereocenters. The minimum absolute atomic E-state index is 1.25. The predicted octanol–water partition coefficient (Wildman–Crippen LogP) is 2.89. The molecule has 99 valence electrons. The number of halogens is 1. The summed E-state index contributed by atoms with van der Waals surface area (Å²) in [7, 11) is 7.29. The molecule has 0 atom stereocenters. The van der Waals surface area contributed by atoms with Gasteiger partial charge in [-0.05, 0) is 0 Å². The molecule has 0 fully saturated rings. The van der Waals surface area contributed by atoms with Crippen molar-refractivity contribution >= 4 is 35.6 Å². The van der Waals surface area contributed by atoms with Gasteiger partial charge >= 0.3 is 127 Å². The normalized spacial score (nSPS) is 11.2. The van der Waals surface area contributed by atoms with Crippen LogP contribution in [0.5, 0.6) is 0 Å². The van der Waals surface area contributed by atoms with Crippen LogP contribution in [0.2, 0.25) is 0 Å². The fourth-order valence-corrected chi connectivity index (χ4v) is 9.65. The van der Waals surface area contributed by atoms with Crippen molar-refractivity contribution in [3.63, 3.8) is 0 Å². The molecule has 0 aromatic heterocycles. The number of rotatable bonds is 3. The van der Waals surface area contributed by atoms with Crippen LogP contribution < -0.4 is 13.1 Å². The Morgan fingerprint density at radius 1 is 0.450 bits per heavy atom. The van der Waals surface area contributed by atoms with Gasteiger partial charge in [-0.25, -0.2) is 0 Å². The van der Waals surface area contributed by atoms with Crippen LogP contribution >= 0.6 is 9.95 Å². The van der Waals surface area contributed by atoms with E-state index < -0.39 is 12.6 Å². The second-order valence-corrected chi connectivity index (χ2v) is 13.0. The molecule has 0 aliphatic heterocycles. The molecule has 0 amide bonds. The average molecular weight is 342 g/mol. The summed E-state index contributed by atoms with van der Waals surface area (Å²) >= 11 is -2.82. The number of benzene rings is 3. The van der Waals surface area contributed by atoms with Crippen molar-refractivity contribution in [3.05, 3.63) is 91.0 Å². The fraction of sp³-hybridized carbons (Fsp3) is 0. The van der Waals surface area contributed by atoms with Crippen LogP contribution in [0.1, 0.15) is 0 Å². The summed E-state index contributed by atoms with van der Waals surface area (Å²) in [4.78, 5) is 0. The van der Waals surface area contributed by atoms with Crippen molar-refractivity contribution < 1.29 is 0 Å². The zero-order valence-electron chi connectivity index (χ0n) is 11.0. The first-order chi connectivity index (χ1) is 9.82. The zero-order valence-corrected chi connectivity index (χ0v) is 13.6. The van der Waals surface area contributed by atoms with Crippen molar-refractivity contribution in [3.8, 4) is 0 Å². The van der Waals surface area contributed by atoms with Gasteiger partial charge in [0.25, 0.3) is 0 Å². The van der Waals surface area contributed by atoms with Crippen molar-refractivity contribution in [1.82, 2.24) is 0 Å². The molecule has 3 aromatic carbocycles. The van der Waals surface area contributed by atoms with Crippen molar-refractivity contribution in [2.24, 2.45) is 0 Å². The summed E-state index contributed by atoms with van der Waals surface area (Å²) in [6.07, 6.45) is 0. The maximum absolute atomic E-state index is 7.29. The van der Waals surface area contributed by atoms with Crippen molar-refractivity contribution in [2.75, 3.05) is 0 Å². The minimum atomic E-state index is -2.82. The van der Waals surface area contributed by atoms with Crippen LogP contribution in [0.25, 0.3) is 0 Å². The Labute approximate surface area is 126 Å². The maximum atomic E-state index is 7.29. The van der Waals surface area contributed by atoms with Crippen molar-refractivity contribution in [1.29, 1.82) is 0 Å². The van der Waals surface area contributed by atoms with E-state index in [9.17, 15) is 0 Å². The van der Waals surface area contributed by atoms with E-state index in [-0.39, 0.29) is 0 Å². The third kappa shape index (κ3) is 2.42. The standard InChI is InChI=1S/C18H15AsCl/c20-19(16-10-4-1-5-11-16,17-12-6-2-7-13-17)18-14-8-3-9-15-18/h1-15H. The molecular weight excluding hydrogens is 327 g/mol. The van der Waals surface area contributed by atoms with Gasteiger partial charge in [0.05, 0.1) is 0 Å². The van der Waals surface area contributed by atoms with Crippen LogP contribution in [-0.4, -0.2) is 12.6 Å². The van der Waals surface area contributed by atoms with Crippen molar-refractivity contribution in [2.45, 2.75) is 0 Å². The molecule has 0 aliphatic rings. The molecule has 2 heteroatoms. The van der Waals surface area contributed by atoms with Crippen LogP contribution in [0.4, 0.5) is 0 Å². The van der Waals surface area contributed by atoms with E-state index in [1.807, 2.05) is 18.2 Å². The predicted molar refractivity (Wildman–Crippen MR) is 89.8 cm³/mol. The SMILES string of the molecule is Cl[As](c1ccccc1)(c1ccccc1)c1ccccc1. The molecule has 3 aromatic rings. The van der Waals surface area contributed by atoms with E-state index >= 15 is 0 Å². The van der Waals surface area contributed by atoms with Crippen LogP contribution in [-0.2, 0) is 0 Å².